The maximum Gasteiger partial charge on any atom is 0.258 e. The van der Waals surface area contributed by atoms with Gasteiger partial charge in [-0.15, -0.1) is 21.5 Å². The Bertz CT molecular complexity index is 1180. The Morgan fingerprint density at radius 1 is 1.21 bits per heavy atom. The Balaban J connectivity index is 1.45. The third kappa shape index (κ3) is 4.13. The van der Waals surface area contributed by atoms with Gasteiger partial charge in [0, 0.05) is 30.4 Å². The lowest BCUT2D eigenvalue weighted by Gasteiger charge is -2.14. The normalized spacial score (nSPS) is 12.2. The maximum atomic E-state index is 12.1. The molecule has 0 saturated carbocycles. The van der Waals surface area contributed by atoms with E-state index in [0.29, 0.717) is 16.5 Å². The molecular weight excluding hydrogens is 410 g/mol. The van der Waals surface area contributed by atoms with Crippen LogP contribution in [0.25, 0.3) is 4.96 Å². The Labute approximate surface area is 175 Å². The predicted octanol–water partition coefficient (Wildman–Crippen LogP) is 3.33. The standard InChI is InChI=1S/C19H19N5O3S2/c1-12(27-15-6-4-14(26-3)5-7-15)17-21-22-19(23(17)2)29-11-13-10-16(25)24-8-9-28-18(24)20-13/h4-10,12H,11H2,1-3H3. The quantitative estimate of drug-likeness (QED) is 0.417. The van der Waals surface area contributed by atoms with Crippen LogP contribution in [-0.2, 0) is 12.8 Å². The van der Waals surface area contributed by atoms with Crippen LogP contribution in [0.15, 0.2) is 51.9 Å². The van der Waals surface area contributed by atoms with Gasteiger partial charge in [0.05, 0.1) is 12.8 Å². The van der Waals surface area contributed by atoms with E-state index in [1.54, 1.807) is 19.4 Å². The Morgan fingerprint density at radius 3 is 2.72 bits per heavy atom. The maximum absolute atomic E-state index is 12.1. The van der Waals surface area contributed by atoms with E-state index in [2.05, 4.69) is 15.2 Å². The summed E-state index contributed by atoms with van der Waals surface area (Å²) in [5.74, 6) is 2.74. The first-order valence-corrected chi connectivity index (χ1v) is 10.7. The van der Waals surface area contributed by atoms with Crippen molar-refractivity contribution in [2.75, 3.05) is 7.11 Å². The first-order chi connectivity index (χ1) is 14.0. The van der Waals surface area contributed by atoms with Gasteiger partial charge < -0.3 is 14.0 Å². The van der Waals surface area contributed by atoms with Crippen molar-refractivity contribution in [3.05, 3.63) is 63.8 Å². The molecule has 4 aromatic rings. The highest BCUT2D eigenvalue weighted by Gasteiger charge is 2.18. The molecule has 0 N–H and O–H groups in total. The lowest BCUT2D eigenvalue weighted by Crippen LogP contribution is -2.12. The second-order valence-corrected chi connectivity index (χ2v) is 8.08. The molecule has 1 aromatic carbocycles. The average Bonchev–Trinajstić information content (AvgIpc) is 3.34. The summed E-state index contributed by atoms with van der Waals surface area (Å²) in [7, 11) is 3.53. The van der Waals surface area contributed by atoms with Crippen LogP contribution >= 0.6 is 23.1 Å². The Morgan fingerprint density at radius 2 is 1.97 bits per heavy atom. The van der Waals surface area contributed by atoms with Gasteiger partial charge >= 0.3 is 0 Å². The molecule has 1 atom stereocenters. The molecule has 10 heteroatoms. The highest BCUT2D eigenvalue weighted by Crippen LogP contribution is 2.26. The number of nitrogens with zero attached hydrogens (tertiary/aromatic N) is 5. The summed E-state index contributed by atoms with van der Waals surface area (Å²) in [4.78, 5) is 17.3. The van der Waals surface area contributed by atoms with Crippen LogP contribution in [-0.4, -0.2) is 31.3 Å². The number of ether oxygens (including phenoxy) is 2. The third-order valence-corrected chi connectivity index (χ3v) is 6.12. The van der Waals surface area contributed by atoms with E-state index in [1.807, 2.05) is 48.2 Å². The van der Waals surface area contributed by atoms with Crippen molar-refractivity contribution in [1.82, 2.24) is 24.1 Å². The number of aromatic nitrogens is 5. The smallest absolute Gasteiger partial charge is 0.258 e. The molecule has 0 spiro atoms. The van der Waals surface area contributed by atoms with Gasteiger partial charge in [-0.05, 0) is 31.2 Å². The lowest BCUT2D eigenvalue weighted by atomic mass is 10.3. The van der Waals surface area contributed by atoms with Crippen LogP contribution < -0.4 is 15.0 Å². The third-order valence-electron chi connectivity index (χ3n) is 4.31. The van der Waals surface area contributed by atoms with Crippen LogP contribution in [0.3, 0.4) is 0 Å². The summed E-state index contributed by atoms with van der Waals surface area (Å²) in [6.07, 6.45) is 1.45. The molecule has 4 rings (SSSR count). The largest absolute Gasteiger partial charge is 0.497 e. The average molecular weight is 430 g/mol. The Hall–Kier alpha value is -2.85. The van der Waals surface area contributed by atoms with Crippen LogP contribution in [0.5, 0.6) is 11.5 Å². The Kier molecular flexibility index (Phi) is 5.54. The van der Waals surface area contributed by atoms with Crippen molar-refractivity contribution in [1.29, 1.82) is 0 Å². The summed E-state index contributed by atoms with van der Waals surface area (Å²) in [6.45, 7) is 1.93. The van der Waals surface area contributed by atoms with E-state index < -0.39 is 0 Å². The van der Waals surface area contributed by atoms with Crippen molar-refractivity contribution in [2.45, 2.75) is 23.9 Å². The second-order valence-electron chi connectivity index (χ2n) is 6.27. The minimum atomic E-state index is -0.277. The summed E-state index contributed by atoms with van der Waals surface area (Å²) in [5.41, 5.74) is 0.640. The minimum absolute atomic E-state index is 0.0768. The summed E-state index contributed by atoms with van der Waals surface area (Å²) < 4.78 is 14.6. The first kappa shape index (κ1) is 19.5. The molecular formula is C19H19N5O3S2. The summed E-state index contributed by atoms with van der Waals surface area (Å²) in [6, 6.07) is 8.96. The van der Waals surface area contributed by atoms with E-state index in [-0.39, 0.29) is 11.7 Å². The number of rotatable bonds is 7. The molecule has 3 aromatic heterocycles. The molecule has 0 amide bonds. The van der Waals surface area contributed by atoms with Gasteiger partial charge in [0.25, 0.3) is 5.56 Å². The number of methoxy groups -OCH3 is 1. The van der Waals surface area contributed by atoms with E-state index in [4.69, 9.17) is 9.47 Å². The number of benzene rings is 1. The fourth-order valence-electron chi connectivity index (χ4n) is 2.82. The van der Waals surface area contributed by atoms with Crippen molar-refractivity contribution in [3.8, 4) is 11.5 Å². The van der Waals surface area contributed by atoms with Gasteiger partial charge in [-0.1, -0.05) is 11.8 Å². The molecule has 8 nitrogen and oxygen atoms in total. The monoisotopic (exact) mass is 429 g/mol. The molecule has 0 aliphatic carbocycles. The van der Waals surface area contributed by atoms with E-state index in [9.17, 15) is 4.79 Å². The second kappa shape index (κ2) is 8.26. The highest BCUT2D eigenvalue weighted by atomic mass is 32.2. The van der Waals surface area contributed by atoms with Gasteiger partial charge in [0.15, 0.2) is 22.0 Å². The van der Waals surface area contributed by atoms with Gasteiger partial charge in [-0.2, -0.15) is 0 Å². The van der Waals surface area contributed by atoms with Crippen LogP contribution in [0, 0.1) is 0 Å². The molecule has 0 bridgehead atoms. The number of fused-ring (bicyclic) bond motifs is 1. The van der Waals surface area contributed by atoms with Gasteiger partial charge in [0.1, 0.15) is 11.5 Å². The SMILES string of the molecule is COc1ccc(OC(C)c2nnc(SCc3cc(=O)n4ccsc4n3)n2C)cc1. The molecule has 150 valence electrons. The highest BCUT2D eigenvalue weighted by molar-refractivity contribution is 7.98. The van der Waals surface area contributed by atoms with Gasteiger partial charge in [-0.3, -0.25) is 9.20 Å². The summed E-state index contributed by atoms with van der Waals surface area (Å²) >= 11 is 2.92. The van der Waals surface area contributed by atoms with Crippen LogP contribution in [0.4, 0.5) is 0 Å². The van der Waals surface area contributed by atoms with Crippen LogP contribution in [0.2, 0.25) is 0 Å². The van der Waals surface area contributed by atoms with Crippen molar-refractivity contribution >= 4 is 28.1 Å². The molecule has 0 saturated heterocycles. The number of hydrogen-bond donors (Lipinski definition) is 0. The zero-order valence-electron chi connectivity index (χ0n) is 16.1. The minimum Gasteiger partial charge on any atom is -0.497 e. The fraction of sp³-hybridized carbons (Fsp3) is 0.263. The summed E-state index contributed by atoms with van der Waals surface area (Å²) in [5, 5.41) is 11.1. The first-order valence-electron chi connectivity index (χ1n) is 8.83. The fourth-order valence-corrected chi connectivity index (χ4v) is 4.37. The molecule has 3 heterocycles. The molecule has 29 heavy (non-hydrogen) atoms. The number of thiazole rings is 1. The van der Waals surface area contributed by atoms with Crippen molar-refractivity contribution in [2.24, 2.45) is 7.05 Å². The molecule has 0 radical (unpaired) electrons. The number of hydrogen-bond acceptors (Lipinski definition) is 8. The van der Waals surface area contributed by atoms with Crippen molar-refractivity contribution < 1.29 is 9.47 Å². The van der Waals surface area contributed by atoms with Gasteiger partial charge in [-0.25, -0.2) is 4.98 Å². The zero-order valence-corrected chi connectivity index (χ0v) is 17.7. The van der Waals surface area contributed by atoms with Gasteiger partial charge in [0.2, 0.25) is 0 Å². The van der Waals surface area contributed by atoms with E-state index in [1.165, 1.54) is 27.5 Å². The van der Waals surface area contributed by atoms with E-state index >= 15 is 0 Å². The topological polar surface area (TPSA) is 83.5 Å². The zero-order chi connectivity index (χ0) is 20.4. The molecule has 0 fully saturated rings. The van der Waals surface area contributed by atoms with Crippen LogP contribution in [0.1, 0.15) is 24.5 Å². The van der Waals surface area contributed by atoms with Crippen molar-refractivity contribution in [3.63, 3.8) is 0 Å². The predicted molar refractivity (Wildman–Crippen MR) is 112 cm³/mol. The molecule has 0 aliphatic heterocycles. The molecule has 1 unspecified atom stereocenters. The lowest BCUT2D eigenvalue weighted by molar-refractivity contribution is 0.211. The molecule has 0 aliphatic rings. The number of thioether (sulfide) groups is 1. The van der Waals surface area contributed by atoms with E-state index in [0.717, 1.165) is 22.3 Å².